The molecule has 0 atom stereocenters. The first kappa shape index (κ1) is 10.7. The van der Waals surface area contributed by atoms with Crippen molar-refractivity contribution in [3.8, 4) is 5.75 Å². The summed E-state index contributed by atoms with van der Waals surface area (Å²) < 4.78 is 6.20. The van der Waals surface area contributed by atoms with Crippen LogP contribution in [0.4, 0.5) is 0 Å². The van der Waals surface area contributed by atoms with E-state index in [2.05, 4.69) is 20.9 Å². The van der Waals surface area contributed by atoms with Gasteiger partial charge in [-0.15, -0.1) is 0 Å². The SMILES string of the molecule is CCOc1ccc2ncc(Br)c(Cl)c2c1. The van der Waals surface area contributed by atoms with Crippen molar-refractivity contribution in [2.75, 3.05) is 6.61 Å². The van der Waals surface area contributed by atoms with Gasteiger partial charge in [-0.2, -0.15) is 0 Å². The van der Waals surface area contributed by atoms with Gasteiger partial charge in [0.05, 0.1) is 21.6 Å². The average molecular weight is 287 g/mol. The van der Waals surface area contributed by atoms with Crippen LogP contribution in [0, 0.1) is 0 Å². The van der Waals surface area contributed by atoms with Crippen LogP contribution < -0.4 is 4.74 Å². The lowest BCUT2D eigenvalue weighted by Gasteiger charge is -2.06. The van der Waals surface area contributed by atoms with E-state index in [1.807, 2.05) is 25.1 Å². The molecule has 0 spiro atoms. The van der Waals surface area contributed by atoms with Gasteiger partial charge in [0.25, 0.3) is 0 Å². The third-order valence-corrected chi connectivity index (χ3v) is 3.28. The van der Waals surface area contributed by atoms with Gasteiger partial charge in [0.1, 0.15) is 5.75 Å². The van der Waals surface area contributed by atoms with Crippen molar-refractivity contribution < 1.29 is 4.74 Å². The summed E-state index contributed by atoms with van der Waals surface area (Å²) in [6, 6.07) is 5.70. The number of rotatable bonds is 2. The highest BCUT2D eigenvalue weighted by Gasteiger charge is 2.05. The largest absolute Gasteiger partial charge is 0.494 e. The topological polar surface area (TPSA) is 22.1 Å². The van der Waals surface area contributed by atoms with Crippen molar-refractivity contribution in [1.82, 2.24) is 4.98 Å². The number of aromatic nitrogens is 1. The van der Waals surface area contributed by atoms with Gasteiger partial charge in [0.15, 0.2) is 0 Å². The predicted octanol–water partition coefficient (Wildman–Crippen LogP) is 4.05. The summed E-state index contributed by atoms with van der Waals surface area (Å²) in [7, 11) is 0. The molecule has 0 aliphatic rings. The van der Waals surface area contributed by atoms with E-state index in [1.54, 1.807) is 6.20 Å². The molecule has 0 unspecified atom stereocenters. The monoisotopic (exact) mass is 285 g/mol. The third kappa shape index (κ3) is 2.08. The maximum absolute atomic E-state index is 6.16. The maximum Gasteiger partial charge on any atom is 0.120 e. The van der Waals surface area contributed by atoms with E-state index in [4.69, 9.17) is 16.3 Å². The molecule has 2 aromatic rings. The number of pyridine rings is 1. The zero-order valence-electron chi connectivity index (χ0n) is 8.13. The van der Waals surface area contributed by atoms with E-state index >= 15 is 0 Å². The Morgan fingerprint density at radius 2 is 2.27 bits per heavy atom. The molecule has 0 aliphatic carbocycles. The van der Waals surface area contributed by atoms with E-state index < -0.39 is 0 Å². The maximum atomic E-state index is 6.16. The van der Waals surface area contributed by atoms with Crippen molar-refractivity contribution in [2.24, 2.45) is 0 Å². The van der Waals surface area contributed by atoms with Gasteiger partial charge in [-0.05, 0) is 41.1 Å². The second-order valence-electron chi connectivity index (χ2n) is 3.03. The first-order valence-electron chi connectivity index (χ1n) is 4.59. The average Bonchev–Trinajstić information content (AvgIpc) is 2.25. The highest BCUT2D eigenvalue weighted by Crippen LogP contribution is 2.31. The minimum Gasteiger partial charge on any atom is -0.494 e. The van der Waals surface area contributed by atoms with E-state index in [-0.39, 0.29) is 0 Å². The van der Waals surface area contributed by atoms with Crippen molar-refractivity contribution in [1.29, 1.82) is 0 Å². The van der Waals surface area contributed by atoms with Crippen LogP contribution in [0.25, 0.3) is 10.9 Å². The molecular weight excluding hydrogens is 277 g/mol. The molecule has 0 bridgehead atoms. The number of benzene rings is 1. The Hall–Kier alpha value is -0.800. The Labute approximate surface area is 101 Å². The van der Waals surface area contributed by atoms with Gasteiger partial charge in [0, 0.05) is 11.6 Å². The second kappa shape index (κ2) is 4.37. The van der Waals surface area contributed by atoms with Crippen molar-refractivity contribution >= 4 is 38.4 Å². The van der Waals surface area contributed by atoms with Crippen LogP contribution in [0.1, 0.15) is 6.92 Å². The summed E-state index contributed by atoms with van der Waals surface area (Å²) in [6.45, 7) is 2.59. The Balaban J connectivity index is 2.63. The molecule has 0 saturated carbocycles. The molecule has 0 fully saturated rings. The minimum atomic E-state index is 0.643. The van der Waals surface area contributed by atoms with Crippen LogP contribution in [0.2, 0.25) is 5.02 Å². The molecular formula is C11H9BrClNO. The van der Waals surface area contributed by atoms with E-state index in [1.165, 1.54) is 0 Å². The molecule has 1 aromatic heterocycles. The first-order chi connectivity index (χ1) is 7.22. The molecule has 2 rings (SSSR count). The fourth-order valence-corrected chi connectivity index (χ4v) is 1.89. The molecule has 78 valence electrons. The summed E-state index contributed by atoms with van der Waals surface area (Å²) in [6.07, 6.45) is 1.70. The summed E-state index contributed by atoms with van der Waals surface area (Å²) in [5.74, 6) is 0.812. The Kier molecular flexibility index (Phi) is 3.12. The van der Waals surface area contributed by atoms with Crippen LogP contribution in [0.5, 0.6) is 5.75 Å². The number of fused-ring (bicyclic) bond motifs is 1. The summed E-state index contributed by atoms with van der Waals surface area (Å²) in [5.41, 5.74) is 0.867. The van der Waals surface area contributed by atoms with Crippen molar-refractivity contribution in [2.45, 2.75) is 6.92 Å². The van der Waals surface area contributed by atoms with Gasteiger partial charge in [-0.1, -0.05) is 11.6 Å². The van der Waals surface area contributed by atoms with Gasteiger partial charge in [-0.25, -0.2) is 0 Å². The molecule has 0 aliphatic heterocycles. The Morgan fingerprint density at radius 1 is 1.47 bits per heavy atom. The molecule has 0 amide bonds. The predicted molar refractivity (Wildman–Crippen MR) is 65.6 cm³/mol. The molecule has 1 heterocycles. The van der Waals surface area contributed by atoms with Crippen LogP contribution >= 0.6 is 27.5 Å². The van der Waals surface area contributed by atoms with E-state index in [0.717, 1.165) is 21.1 Å². The lowest BCUT2D eigenvalue weighted by Crippen LogP contribution is -1.91. The molecule has 15 heavy (non-hydrogen) atoms. The molecule has 0 saturated heterocycles. The standard InChI is InChI=1S/C11H9BrClNO/c1-2-15-7-3-4-10-8(5-7)11(13)9(12)6-14-10/h3-6H,2H2,1H3. The molecule has 1 aromatic carbocycles. The van der Waals surface area contributed by atoms with E-state index in [9.17, 15) is 0 Å². The lowest BCUT2D eigenvalue weighted by atomic mass is 10.2. The molecule has 0 radical (unpaired) electrons. The molecule has 4 heteroatoms. The molecule has 0 N–H and O–H groups in total. The highest BCUT2D eigenvalue weighted by atomic mass is 79.9. The lowest BCUT2D eigenvalue weighted by molar-refractivity contribution is 0.340. The van der Waals surface area contributed by atoms with Crippen LogP contribution in [-0.2, 0) is 0 Å². The zero-order chi connectivity index (χ0) is 10.8. The summed E-state index contributed by atoms with van der Waals surface area (Å²) >= 11 is 9.50. The third-order valence-electron chi connectivity index (χ3n) is 2.04. The quantitative estimate of drug-likeness (QED) is 0.831. The van der Waals surface area contributed by atoms with E-state index in [0.29, 0.717) is 11.6 Å². The molecule has 2 nitrogen and oxygen atoms in total. The number of ether oxygens (including phenoxy) is 1. The van der Waals surface area contributed by atoms with Gasteiger partial charge in [-0.3, -0.25) is 4.98 Å². The summed E-state index contributed by atoms with van der Waals surface area (Å²) in [4.78, 5) is 4.26. The van der Waals surface area contributed by atoms with Crippen molar-refractivity contribution in [3.63, 3.8) is 0 Å². The Morgan fingerprint density at radius 3 is 3.00 bits per heavy atom. The first-order valence-corrected chi connectivity index (χ1v) is 5.76. The van der Waals surface area contributed by atoms with Crippen LogP contribution in [-0.4, -0.2) is 11.6 Å². The Bertz CT molecular complexity index is 501. The number of nitrogens with zero attached hydrogens (tertiary/aromatic N) is 1. The van der Waals surface area contributed by atoms with Crippen molar-refractivity contribution in [3.05, 3.63) is 33.9 Å². The normalized spacial score (nSPS) is 10.6. The zero-order valence-corrected chi connectivity index (χ0v) is 10.5. The number of halogens is 2. The van der Waals surface area contributed by atoms with Gasteiger partial charge >= 0.3 is 0 Å². The second-order valence-corrected chi connectivity index (χ2v) is 4.26. The fraction of sp³-hybridized carbons (Fsp3) is 0.182. The van der Waals surface area contributed by atoms with Gasteiger partial charge < -0.3 is 4.74 Å². The van der Waals surface area contributed by atoms with Crippen LogP contribution in [0.3, 0.4) is 0 Å². The smallest absolute Gasteiger partial charge is 0.120 e. The number of hydrogen-bond donors (Lipinski definition) is 0. The van der Waals surface area contributed by atoms with Crippen LogP contribution in [0.15, 0.2) is 28.9 Å². The summed E-state index contributed by atoms with van der Waals surface area (Å²) in [5, 5.41) is 1.57. The van der Waals surface area contributed by atoms with Gasteiger partial charge in [0.2, 0.25) is 0 Å². The fourth-order valence-electron chi connectivity index (χ4n) is 1.37. The highest BCUT2D eigenvalue weighted by molar-refractivity contribution is 9.10. The minimum absolute atomic E-state index is 0.643. The number of hydrogen-bond acceptors (Lipinski definition) is 2.